The first kappa shape index (κ1) is 17.1. The minimum Gasteiger partial charge on any atom is -0.503 e. The lowest BCUT2D eigenvalue weighted by Gasteiger charge is -2.27. The molecule has 0 fully saturated rings. The summed E-state index contributed by atoms with van der Waals surface area (Å²) in [5.74, 6) is -0.457. The monoisotopic (exact) mass is 355 g/mol. The van der Waals surface area contributed by atoms with Crippen molar-refractivity contribution in [3.63, 3.8) is 0 Å². The summed E-state index contributed by atoms with van der Waals surface area (Å²) in [6.45, 7) is 0.544. The standard InChI is InChI=1S/C24H21NO2/c26-23-21(19-12-6-2-7-13-19)22(20-14-8-3-9-15-20)25(24(23)27)17-16-18-10-4-1-5-11-18/h1-15,22,26H,16-17H2/t22-/m1/s1. The van der Waals surface area contributed by atoms with Crippen molar-refractivity contribution < 1.29 is 9.90 Å². The highest BCUT2D eigenvalue weighted by molar-refractivity contribution is 6.05. The maximum atomic E-state index is 12.9. The van der Waals surface area contributed by atoms with Crippen LogP contribution in [0.3, 0.4) is 0 Å². The van der Waals surface area contributed by atoms with Crippen molar-refractivity contribution in [2.75, 3.05) is 6.54 Å². The first-order valence-corrected chi connectivity index (χ1v) is 9.14. The molecule has 1 aliphatic rings. The second-order valence-corrected chi connectivity index (χ2v) is 6.68. The summed E-state index contributed by atoms with van der Waals surface area (Å²) >= 11 is 0. The van der Waals surface area contributed by atoms with Gasteiger partial charge in [0.1, 0.15) is 0 Å². The second-order valence-electron chi connectivity index (χ2n) is 6.68. The molecule has 0 saturated carbocycles. The van der Waals surface area contributed by atoms with Gasteiger partial charge in [0, 0.05) is 12.1 Å². The molecule has 0 saturated heterocycles. The van der Waals surface area contributed by atoms with Crippen LogP contribution in [-0.4, -0.2) is 22.5 Å². The van der Waals surface area contributed by atoms with Crippen molar-refractivity contribution in [2.45, 2.75) is 12.5 Å². The SMILES string of the molecule is O=C1C(O)=C(c2ccccc2)[C@@H](c2ccccc2)N1CCc1ccccc1. The summed E-state index contributed by atoms with van der Waals surface area (Å²) in [6, 6.07) is 29.4. The quantitative estimate of drug-likeness (QED) is 0.715. The van der Waals surface area contributed by atoms with E-state index in [4.69, 9.17) is 0 Å². The molecule has 1 aliphatic heterocycles. The predicted octanol–water partition coefficient (Wildman–Crippen LogP) is 4.78. The van der Waals surface area contributed by atoms with E-state index >= 15 is 0 Å². The molecule has 1 N–H and O–H groups in total. The molecule has 1 atom stereocenters. The Morgan fingerprint density at radius 3 is 1.96 bits per heavy atom. The summed E-state index contributed by atoms with van der Waals surface area (Å²) in [7, 11) is 0. The fourth-order valence-corrected chi connectivity index (χ4v) is 3.67. The Kier molecular flexibility index (Phi) is 4.75. The van der Waals surface area contributed by atoms with Crippen LogP contribution in [0, 0.1) is 0 Å². The Morgan fingerprint density at radius 1 is 0.778 bits per heavy atom. The number of aliphatic hydroxyl groups excluding tert-OH is 1. The number of hydrogen-bond donors (Lipinski definition) is 1. The highest BCUT2D eigenvalue weighted by Gasteiger charge is 2.40. The maximum Gasteiger partial charge on any atom is 0.289 e. The summed E-state index contributed by atoms with van der Waals surface area (Å²) in [5.41, 5.74) is 3.73. The van der Waals surface area contributed by atoms with E-state index in [0.29, 0.717) is 12.1 Å². The summed E-state index contributed by atoms with van der Waals surface area (Å²) < 4.78 is 0. The zero-order chi connectivity index (χ0) is 18.6. The van der Waals surface area contributed by atoms with Crippen LogP contribution in [0.2, 0.25) is 0 Å². The Labute approximate surface area is 159 Å². The number of benzene rings is 3. The van der Waals surface area contributed by atoms with Crippen LogP contribution in [0.4, 0.5) is 0 Å². The van der Waals surface area contributed by atoms with Gasteiger partial charge in [-0.1, -0.05) is 91.0 Å². The van der Waals surface area contributed by atoms with E-state index in [2.05, 4.69) is 12.1 Å². The van der Waals surface area contributed by atoms with Gasteiger partial charge in [0.15, 0.2) is 5.76 Å². The van der Waals surface area contributed by atoms with Crippen molar-refractivity contribution in [1.29, 1.82) is 0 Å². The molecule has 134 valence electrons. The molecule has 0 aromatic heterocycles. The average molecular weight is 355 g/mol. The summed E-state index contributed by atoms with van der Waals surface area (Å²) in [4.78, 5) is 14.7. The largest absolute Gasteiger partial charge is 0.503 e. The van der Waals surface area contributed by atoms with Gasteiger partial charge in [-0.2, -0.15) is 0 Å². The first-order valence-electron chi connectivity index (χ1n) is 9.14. The van der Waals surface area contributed by atoms with Gasteiger partial charge >= 0.3 is 0 Å². The predicted molar refractivity (Wildman–Crippen MR) is 107 cm³/mol. The average Bonchev–Trinajstić information content (AvgIpc) is 2.99. The topological polar surface area (TPSA) is 40.5 Å². The lowest BCUT2D eigenvalue weighted by molar-refractivity contribution is -0.129. The number of nitrogens with zero attached hydrogens (tertiary/aromatic N) is 1. The number of aliphatic hydroxyl groups is 1. The van der Waals surface area contributed by atoms with Gasteiger partial charge in [-0.05, 0) is 23.1 Å². The molecule has 1 amide bonds. The molecule has 3 aromatic carbocycles. The molecule has 1 heterocycles. The zero-order valence-corrected chi connectivity index (χ0v) is 15.0. The molecule has 4 rings (SSSR count). The zero-order valence-electron chi connectivity index (χ0n) is 15.0. The number of amides is 1. The molecule has 0 bridgehead atoms. The van der Waals surface area contributed by atoms with Crippen molar-refractivity contribution in [3.05, 3.63) is 113 Å². The Hall–Kier alpha value is -3.33. The van der Waals surface area contributed by atoms with Gasteiger partial charge in [0.25, 0.3) is 5.91 Å². The molecule has 0 unspecified atom stereocenters. The third-order valence-electron chi connectivity index (χ3n) is 4.99. The fraction of sp³-hybridized carbons (Fsp3) is 0.125. The minimum absolute atomic E-state index is 0.150. The Bertz CT molecular complexity index is 949. The summed E-state index contributed by atoms with van der Waals surface area (Å²) in [6.07, 6.45) is 0.741. The van der Waals surface area contributed by atoms with E-state index in [1.165, 1.54) is 5.56 Å². The van der Waals surface area contributed by atoms with E-state index in [0.717, 1.165) is 17.5 Å². The van der Waals surface area contributed by atoms with Crippen molar-refractivity contribution in [2.24, 2.45) is 0 Å². The molecule has 0 spiro atoms. The minimum atomic E-state index is -0.307. The third-order valence-corrected chi connectivity index (χ3v) is 4.99. The second kappa shape index (κ2) is 7.50. The van der Waals surface area contributed by atoms with Crippen LogP contribution in [0.5, 0.6) is 0 Å². The molecular weight excluding hydrogens is 334 g/mol. The molecular formula is C24H21NO2. The highest BCUT2D eigenvalue weighted by Crippen LogP contribution is 2.42. The van der Waals surface area contributed by atoms with E-state index in [-0.39, 0.29) is 17.7 Å². The van der Waals surface area contributed by atoms with Crippen LogP contribution in [0.25, 0.3) is 5.57 Å². The van der Waals surface area contributed by atoms with Gasteiger partial charge < -0.3 is 10.0 Å². The van der Waals surface area contributed by atoms with Gasteiger partial charge in [0.2, 0.25) is 0 Å². The van der Waals surface area contributed by atoms with Crippen LogP contribution in [0.1, 0.15) is 22.7 Å². The van der Waals surface area contributed by atoms with Crippen molar-refractivity contribution >= 4 is 11.5 Å². The van der Waals surface area contributed by atoms with E-state index < -0.39 is 0 Å². The maximum absolute atomic E-state index is 12.9. The van der Waals surface area contributed by atoms with Gasteiger partial charge in [-0.25, -0.2) is 0 Å². The number of hydrogen-bond acceptors (Lipinski definition) is 2. The first-order chi connectivity index (χ1) is 13.3. The van der Waals surface area contributed by atoms with Crippen LogP contribution >= 0.6 is 0 Å². The lowest BCUT2D eigenvalue weighted by atomic mass is 9.93. The Balaban J connectivity index is 1.72. The number of carbonyl (C=O) groups is 1. The number of rotatable bonds is 5. The third kappa shape index (κ3) is 3.36. The molecule has 3 heteroatoms. The van der Waals surface area contributed by atoms with Gasteiger partial charge in [-0.15, -0.1) is 0 Å². The van der Waals surface area contributed by atoms with E-state index in [9.17, 15) is 9.90 Å². The number of carbonyl (C=O) groups excluding carboxylic acids is 1. The van der Waals surface area contributed by atoms with E-state index in [1.54, 1.807) is 4.90 Å². The molecule has 0 aliphatic carbocycles. The Morgan fingerprint density at radius 2 is 1.33 bits per heavy atom. The van der Waals surface area contributed by atoms with Crippen LogP contribution in [0.15, 0.2) is 96.8 Å². The fourth-order valence-electron chi connectivity index (χ4n) is 3.67. The molecule has 3 nitrogen and oxygen atoms in total. The lowest BCUT2D eigenvalue weighted by Crippen LogP contribution is -2.32. The highest BCUT2D eigenvalue weighted by atomic mass is 16.3. The van der Waals surface area contributed by atoms with Gasteiger partial charge in [-0.3, -0.25) is 4.79 Å². The van der Waals surface area contributed by atoms with Gasteiger partial charge in [0.05, 0.1) is 6.04 Å². The van der Waals surface area contributed by atoms with Crippen LogP contribution in [-0.2, 0) is 11.2 Å². The van der Waals surface area contributed by atoms with Crippen molar-refractivity contribution in [3.8, 4) is 0 Å². The molecule has 0 radical (unpaired) electrons. The summed E-state index contributed by atoms with van der Waals surface area (Å²) in [5, 5.41) is 10.7. The van der Waals surface area contributed by atoms with Crippen molar-refractivity contribution in [1.82, 2.24) is 4.90 Å². The molecule has 27 heavy (non-hydrogen) atoms. The molecule has 3 aromatic rings. The smallest absolute Gasteiger partial charge is 0.289 e. The normalized spacial score (nSPS) is 16.8. The van der Waals surface area contributed by atoms with Crippen LogP contribution < -0.4 is 0 Å². The van der Waals surface area contributed by atoms with E-state index in [1.807, 2.05) is 78.9 Å².